The van der Waals surface area contributed by atoms with Crippen LogP contribution < -0.4 is 4.90 Å². The van der Waals surface area contributed by atoms with Crippen molar-refractivity contribution < 1.29 is 0 Å². The molecule has 0 unspecified atom stereocenters. The molecule has 0 bridgehead atoms. The monoisotopic (exact) mass is 841 g/mol. The van der Waals surface area contributed by atoms with Gasteiger partial charge in [0.15, 0.2) is 0 Å². The van der Waals surface area contributed by atoms with Crippen LogP contribution in [0.4, 0.5) is 17.1 Å². The summed E-state index contributed by atoms with van der Waals surface area (Å²) >= 11 is 0. The number of benzene rings is 11. The van der Waals surface area contributed by atoms with Gasteiger partial charge in [-0.2, -0.15) is 0 Å². The van der Waals surface area contributed by atoms with E-state index in [-0.39, 0.29) is 5.41 Å². The Morgan fingerprint density at radius 3 is 1.39 bits per heavy atom. The molecule has 0 saturated carbocycles. The van der Waals surface area contributed by atoms with Gasteiger partial charge in [0.1, 0.15) is 0 Å². The zero-order valence-electron chi connectivity index (χ0n) is 37.1. The summed E-state index contributed by atoms with van der Waals surface area (Å²) in [5.74, 6) is 0. The van der Waals surface area contributed by atoms with Crippen LogP contribution in [0.15, 0.2) is 249 Å². The molecule has 0 radical (unpaired) electrons. The Hall–Kier alpha value is -8.26. The van der Waals surface area contributed by atoms with Gasteiger partial charge in [0.2, 0.25) is 0 Å². The zero-order valence-corrected chi connectivity index (χ0v) is 37.1. The SMILES string of the molecule is CC1(C)c2ccccc2-c2cccc(-c3ccc(N(c4ccc(-c5ccc(-c6ccccc6)cc5)cc4)c4cc(-c5cccc6ccccc56)ccc4-c4cccc5ccccc45)cc3)c21. The highest BCUT2D eigenvalue weighted by atomic mass is 15.1. The Balaban J connectivity index is 1.04. The fourth-order valence-electron chi connectivity index (χ4n) is 10.6. The minimum Gasteiger partial charge on any atom is -0.310 e. The highest BCUT2D eigenvalue weighted by molar-refractivity contribution is 6.04. The molecule has 1 nitrogen and oxygen atoms in total. The summed E-state index contributed by atoms with van der Waals surface area (Å²) < 4.78 is 0. The largest absolute Gasteiger partial charge is 0.310 e. The maximum absolute atomic E-state index is 2.47. The summed E-state index contributed by atoms with van der Waals surface area (Å²) in [6, 6.07) is 91.5. The van der Waals surface area contributed by atoms with Crippen molar-refractivity contribution in [1.82, 2.24) is 0 Å². The Morgan fingerprint density at radius 1 is 0.288 bits per heavy atom. The highest BCUT2D eigenvalue weighted by Gasteiger charge is 2.37. The standard InChI is InChI=1S/C65H47N/c1-65(2)62-28-11-10-23-59(62)61-27-14-25-57(64(61)65)50-35-40-53(41-36-50)66(52-38-33-47(34-39-52)46-31-29-45(30-32-46)44-15-4-3-5-16-44)63-43-51(56-24-12-19-48-17-6-8-21-54(48)56)37-42-60(63)58-26-13-20-49-18-7-9-22-55(49)58/h3-43H,1-2H3. The molecule has 0 aliphatic heterocycles. The molecule has 1 aliphatic rings. The number of fused-ring (bicyclic) bond motifs is 5. The number of anilines is 3. The van der Waals surface area contributed by atoms with Crippen LogP contribution in [0.25, 0.3) is 88.3 Å². The van der Waals surface area contributed by atoms with Crippen LogP contribution in [0, 0.1) is 0 Å². The number of hydrogen-bond donors (Lipinski definition) is 0. The van der Waals surface area contributed by atoms with E-state index in [0.717, 1.165) is 17.1 Å². The van der Waals surface area contributed by atoms with E-state index in [9.17, 15) is 0 Å². The lowest BCUT2D eigenvalue weighted by Crippen LogP contribution is -2.16. The number of rotatable bonds is 8. The van der Waals surface area contributed by atoms with Gasteiger partial charge in [-0.3, -0.25) is 0 Å². The molecule has 12 rings (SSSR count). The summed E-state index contributed by atoms with van der Waals surface area (Å²) in [4.78, 5) is 2.47. The summed E-state index contributed by atoms with van der Waals surface area (Å²) in [6.45, 7) is 4.74. The third-order valence-corrected chi connectivity index (χ3v) is 13.9. The quantitative estimate of drug-likeness (QED) is 0.147. The lowest BCUT2D eigenvalue weighted by atomic mass is 9.79. The molecule has 0 atom stereocenters. The van der Waals surface area contributed by atoms with Crippen molar-refractivity contribution in [2.24, 2.45) is 0 Å². The summed E-state index contributed by atoms with van der Waals surface area (Å²) in [6.07, 6.45) is 0. The van der Waals surface area contributed by atoms with Gasteiger partial charge in [-0.05, 0) is 124 Å². The zero-order chi connectivity index (χ0) is 44.2. The fourth-order valence-corrected chi connectivity index (χ4v) is 10.6. The molecule has 0 spiro atoms. The third-order valence-electron chi connectivity index (χ3n) is 13.9. The van der Waals surface area contributed by atoms with E-state index in [1.807, 2.05) is 0 Å². The van der Waals surface area contributed by atoms with E-state index in [2.05, 4.69) is 267 Å². The van der Waals surface area contributed by atoms with Gasteiger partial charge in [0, 0.05) is 22.4 Å². The summed E-state index contributed by atoms with van der Waals surface area (Å²) in [5.41, 5.74) is 20.7. The molecule has 0 N–H and O–H groups in total. The van der Waals surface area contributed by atoms with Gasteiger partial charge in [0.05, 0.1) is 5.69 Å². The van der Waals surface area contributed by atoms with Gasteiger partial charge in [0.25, 0.3) is 0 Å². The van der Waals surface area contributed by atoms with E-state index in [1.165, 1.54) is 99.4 Å². The van der Waals surface area contributed by atoms with Crippen molar-refractivity contribution in [3.8, 4) is 66.8 Å². The smallest absolute Gasteiger partial charge is 0.0546 e. The molecule has 0 fully saturated rings. The van der Waals surface area contributed by atoms with Crippen LogP contribution in [0.5, 0.6) is 0 Å². The van der Waals surface area contributed by atoms with Crippen molar-refractivity contribution >= 4 is 38.6 Å². The van der Waals surface area contributed by atoms with E-state index in [1.54, 1.807) is 0 Å². The minimum absolute atomic E-state index is 0.119. The van der Waals surface area contributed by atoms with E-state index in [0.29, 0.717) is 0 Å². The van der Waals surface area contributed by atoms with E-state index >= 15 is 0 Å². The van der Waals surface area contributed by atoms with E-state index < -0.39 is 0 Å². The number of nitrogens with zero attached hydrogens (tertiary/aromatic N) is 1. The Morgan fingerprint density at radius 2 is 0.727 bits per heavy atom. The molecule has 0 amide bonds. The van der Waals surface area contributed by atoms with Gasteiger partial charge in [-0.25, -0.2) is 0 Å². The first kappa shape index (κ1) is 39.3. The average molecular weight is 842 g/mol. The second kappa shape index (κ2) is 16.1. The molecule has 312 valence electrons. The molecule has 11 aromatic rings. The van der Waals surface area contributed by atoms with Gasteiger partial charge < -0.3 is 4.90 Å². The number of hydrogen-bond acceptors (Lipinski definition) is 1. The molecule has 0 heterocycles. The first-order valence-corrected chi connectivity index (χ1v) is 23.0. The fraction of sp³-hybridized carbons (Fsp3) is 0.0462. The van der Waals surface area contributed by atoms with Crippen LogP contribution in [-0.4, -0.2) is 0 Å². The third kappa shape index (κ3) is 6.71. The predicted octanol–water partition coefficient (Wildman–Crippen LogP) is 18.1. The maximum atomic E-state index is 2.47. The molecular formula is C65H47N. The van der Waals surface area contributed by atoms with Crippen LogP contribution in [0.1, 0.15) is 25.0 Å². The first-order chi connectivity index (χ1) is 32.5. The van der Waals surface area contributed by atoms with Crippen molar-refractivity contribution in [3.05, 3.63) is 260 Å². The van der Waals surface area contributed by atoms with Crippen LogP contribution in [0.3, 0.4) is 0 Å². The molecule has 0 aromatic heterocycles. The Kier molecular flexibility index (Phi) is 9.58. The molecule has 1 aliphatic carbocycles. The Bertz CT molecular complexity index is 3570. The lowest BCUT2D eigenvalue weighted by molar-refractivity contribution is 0.662. The molecule has 66 heavy (non-hydrogen) atoms. The van der Waals surface area contributed by atoms with Crippen molar-refractivity contribution in [2.45, 2.75) is 19.3 Å². The highest BCUT2D eigenvalue weighted by Crippen LogP contribution is 2.52. The molecule has 0 saturated heterocycles. The second-order valence-corrected chi connectivity index (χ2v) is 18.1. The van der Waals surface area contributed by atoms with Crippen molar-refractivity contribution in [2.75, 3.05) is 4.90 Å². The van der Waals surface area contributed by atoms with Gasteiger partial charge >= 0.3 is 0 Å². The summed E-state index contributed by atoms with van der Waals surface area (Å²) in [7, 11) is 0. The van der Waals surface area contributed by atoms with Crippen LogP contribution >= 0.6 is 0 Å². The minimum atomic E-state index is -0.119. The van der Waals surface area contributed by atoms with Gasteiger partial charge in [-0.1, -0.05) is 232 Å². The first-order valence-electron chi connectivity index (χ1n) is 23.0. The lowest BCUT2D eigenvalue weighted by Gasteiger charge is -2.29. The summed E-state index contributed by atoms with van der Waals surface area (Å²) in [5, 5.41) is 4.92. The predicted molar refractivity (Wildman–Crippen MR) is 281 cm³/mol. The van der Waals surface area contributed by atoms with Crippen molar-refractivity contribution in [3.63, 3.8) is 0 Å². The molecular weight excluding hydrogens is 795 g/mol. The second-order valence-electron chi connectivity index (χ2n) is 18.1. The Labute approximate surface area is 387 Å². The molecule has 11 aromatic carbocycles. The normalized spacial score (nSPS) is 12.5. The van der Waals surface area contributed by atoms with Crippen LogP contribution in [-0.2, 0) is 5.41 Å². The van der Waals surface area contributed by atoms with Crippen LogP contribution in [0.2, 0.25) is 0 Å². The van der Waals surface area contributed by atoms with Crippen molar-refractivity contribution in [1.29, 1.82) is 0 Å². The maximum Gasteiger partial charge on any atom is 0.0546 e. The topological polar surface area (TPSA) is 3.24 Å². The van der Waals surface area contributed by atoms with Gasteiger partial charge in [-0.15, -0.1) is 0 Å². The molecule has 1 heteroatoms. The van der Waals surface area contributed by atoms with E-state index in [4.69, 9.17) is 0 Å². The average Bonchev–Trinajstić information content (AvgIpc) is 3.62.